The summed E-state index contributed by atoms with van der Waals surface area (Å²) in [6.45, 7) is 4.26. The van der Waals surface area contributed by atoms with E-state index >= 15 is 0 Å². The molecule has 0 aromatic heterocycles. The number of benzene rings is 4. The van der Waals surface area contributed by atoms with Gasteiger partial charge in [0.15, 0.2) is 0 Å². The first-order chi connectivity index (χ1) is 23.2. The van der Waals surface area contributed by atoms with Crippen LogP contribution in [0.3, 0.4) is 0 Å². The fraction of sp³-hybridized carbons (Fsp3) is 0.263. The predicted molar refractivity (Wildman–Crippen MR) is 186 cm³/mol. The predicted octanol–water partition coefficient (Wildman–Crippen LogP) is 4.75. The third kappa shape index (κ3) is 7.84. The Labute approximate surface area is 280 Å². The van der Waals surface area contributed by atoms with E-state index in [9.17, 15) is 18.8 Å². The van der Waals surface area contributed by atoms with E-state index in [1.54, 1.807) is 18.0 Å². The van der Waals surface area contributed by atoms with Gasteiger partial charge in [-0.2, -0.15) is 0 Å². The standard InChI is InChI=1S/C38H39FN6O3/c1-43-17-19-45(20-18-43)25-35(47)44(2)31-14-12-30(13-15-31)41-37(36-32-16-11-29(39)23-33(32)42-38(36)48)28-10-6-9-27(21-28)24-40-34(46)22-26-7-4-3-5-8-26/h3-16,21,23,36H,17-20,22,24-25H2,1-2H3,(H,40,46)(H,42,48). The lowest BCUT2D eigenvalue weighted by Gasteiger charge is -2.32. The lowest BCUT2D eigenvalue weighted by atomic mass is 9.90. The van der Waals surface area contributed by atoms with Gasteiger partial charge in [-0.25, -0.2) is 4.39 Å². The molecule has 2 N–H and O–H groups in total. The van der Waals surface area contributed by atoms with Crippen molar-refractivity contribution in [2.24, 2.45) is 4.99 Å². The zero-order chi connectivity index (χ0) is 33.6. The molecule has 3 amide bonds. The number of hydrogen-bond donors (Lipinski definition) is 2. The molecule has 2 heterocycles. The molecule has 1 atom stereocenters. The molecule has 1 fully saturated rings. The number of anilines is 2. The Morgan fingerprint density at radius 1 is 0.917 bits per heavy atom. The molecule has 9 nitrogen and oxygen atoms in total. The van der Waals surface area contributed by atoms with E-state index in [0.29, 0.717) is 41.3 Å². The number of hydrogen-bond acceptors (Lipinski definition) is 6. The molecule has 6 rings (SSSR count). The maximum absolute atomic E-state index is 14.1. The monoisotopic (exact) mass is 646 g/mol. The van der Waals surface area contributed by atoms with Crippen LogP contribution in [0.15, 0.2) is 102 Å². The molecular formula is C38H39FN6O3. The van der Waals surface area contributed by atoms with Crippen molar-refractivity contribution in [3.63, 3.8) is 0 Å². The Hall–Kier alpha value is -5.19. The highest BCUT2D eigenvalue weighted by Gasteiger charge is 2.36. The second-order valence-electron chi connectivity index (χ2n) is 12.3. The van der Waals surface area contributed by atoms with Crippen molar-refractivity contribution in [3.8, 4) is 0 Å². The van der Waals surface area contributed by atoms with Gasteiger partial charge in [-0.1, -0.05) is 54.6 Å². The topological polar surface area (TPSA) is 97.3 Å². The molecule has 4 aromatic carbocycles. The smallest absolute Gasteiger partial charge is 0.240 e. The van der Waals surface area contributed by atoms with Crippen LogP contribution in [0.25, 0.3) is 0 Å². The fourth-order valence-electron chi connectivity index (χ4n) is 6.02. The highest BCUT2D eigenvalue weighted by Crippen LogP contribution is 2.37. The first-order valence-corrected chi connectivity index (χ1v) is 16.1. The zero-order valence-electron chi connectivity index (χ0n) is 27.2. The van der Waals surface area contributed by atoms with Gasteiger partial charge in [-0.3, -0.25) is 24.3 Å². The Morgan fingerprint density at radius 2 is 1.65 bits per heavy atom. The van der Waals surface area contributed by atoms with Gasteiger partial charge in [0.05, 0.1) is 24.4 Å². The summed E-state index contributed by atoms with van der Waals surface area (Å²) in [6.07, 6.45) is 0.273. The first-order valence-electron chi connectivity index (χ1n) is 16.1. The molecular weight excluding hydrogens is 607 g/mol. The molecule has 1 saturated heterocycles. The Morgan fingerprint density at radius 3 is 2.40 bits per heavy atom. The number of piperazine rings is 1. The van der Waals surface area contributed by atoms with Crippen LogP contribution < -0.4 is 15.5 Å². The molecule has 2 aliphatic rings. The number of rotatable bonds is 10. The van der Waals surface area contributed by atoms with Gasteiger partial charge in [0.25, 0.3) is 0 Å². The Bertz CT molecular complexity index is 1820. The van der Waals surface area contributed by atoms with Crippen LogP contribution in [-0.2, 0) is 27.3 Å². The number of likely N-dealkylation sites (N-methyl/N-ethyl adjacent to an activating group) is 2. The number of carbonyl (C=O) groups is 3. The van der Waals surface area contributed by atoms with Crippen molar-refractivity contribution in [1.82, 2.24) is 15.1 Å². The quantitative estimate of drug-likeness (QED) is 0.243. The molecule has 0 saturated carbocycles. The second-order valence-corrected chi connectivity index (χ2v) is 12.3. The molecule has 0 spiro atoms. The molecule has 48 heavy (non-hydrogen) atoms. The van der Waals surface area contributed by atoms with Crippen LogP contribution in [-0.4, -0.2) is 80.1 Å². The fourth-order valence-corrected chi connectivity index (χ4v) is 6.02. The summed E-state index contributed by atoms with van der Waals surface area (Å²) in [5.41, 5.74) is 5.34. The first kappa shape index (κ1) is 32.7. The van der Waals surface area contributed by atoms with Crippen molar-refractivity contribution in [2.75, 3.05) is 57.0 Å². The third-order valence-electron chi connectivity index (χ3n) is 8.86. The number of amides is 3. The molecule has 2 aliphatic heterocycles. The zero-order valence-corrected chi connectivity index (χ0v) is 27.2. The highest BCUT2D eigenvalue weighted by molar-refractivity contribution is 6.24. The number of carbonyl (C=O) groups excluding carboxylic acids is 3. The van der Waals surface area contributed by atoms with Gasteiger partial charge in [0.1, 0.15) is 11.7 Å². The van der Waals surface area contributed by atoms with Crippen LogP contribution in [0.1, 0.15) is 28.2 Å². The average Bonchev–Trinajstić information content (AvgIpc) is 3.42. The molecule has 246 valence electrons. The van der Waals surface area contributed by atoms with E-state index in [-0.39, 0.29) is 24.1 Å². The number of nitrogens with one attached hydrogen (secondary N) is 2. The molecule has 4 aromatic rings. The van der Waals surface area contributed by atoms with Crippen molar-refractivity contribution in [3.05, 3.63) is 125 Å². The summed E-state index contributed by atoms with van der Waals surface area (Å²) >= 11 is 0. The molecule has 1 unspecified atom stereocenters. The highest BCUT2D eigenvalue weighted by atomic mass is 19.1. The van der Waals surface area contributed by atoms with Gasteiger partial charge in [0, 0.05) is 51.1 Å². The van der Waals surface area contributed by atoms with E-state index in [1.165, 1.54) is 12.1 Å². The second kappa shape index (κ2) is 14.7. The van der Waals surface area contributed by atoms with E-state index in [4.69, 9.17) is 4.99 Å². The minimum atomic E-state index is -0.781. The molecule has 0 aliphatic carbocycles. The minimum absolute atomic E-state index is 0.00985. The number of halogens is 1. The number of fused-ring (bicyclic) bond motifs is 1. The van der Waals surface area contributed by atoms with E-state index in [1.807, 2.05) is 78.9 Å². The van der Waals surface area contributed by atoms with Crippen LogP contribution in [0.5, 0.6) is 0 Å². The van der Waals surface area contributed by atoms with Gasteiger partial charge in [-0.15, -0.1) is 0 Å². The molecule has 10 heteroatoms. The van der Waals surface area contributed by atoms with Crippen molar-refractivity contribution in [1.29, 1.82) is 0 Å². The maximum atomic E-state index is 14.1. The Balaban J connectivity index is 1.24. The molecule has 0 bridgehead atoms. The SMILES string of the molecule is CN1CCN(CC(=O)N(C)c2ccc(N=C(c3cccc(CNC(=O)Cc4ccccc4)c3)C3C(=O)Nc4cc(F)ccc43)cc2)CC1. The van der Waals surface area contributed by atoms with Crippen LogP contribution in [0.2, 0.25) is 0 Å². The maximum Gasteiger partial charge on any atom is 0.240 e. The minimum Gasteiger partial charge on any atom is -0.352 e. The summed E-state index contributed by atoms with van der Waals surface area (Å²) in [4.78, 5) is 50.2. The lowest BCUT2D eigenvalue weighted by molar-refractivity contribution is -0.121. The van der Waals surface area contributed by atoms with Crippen molar-refractivity contribution >= 4 is 40.5 Å². The summed E-state index contributed by atoms with van der Waals surface area (Å²) in [5.74, 6) is -1.62. The van der Waals surface area contributed by atoms with Gasteiger partial charge in [0.2, 0.25) is 17.7 Å². The largest absolute Gasteiger partial charge is 0.352 e. The van der Waals surface area contributed by atoms with Crippen molar-refractivity contribution < 1.29 is 18.8 Å². The van der Waals surface area contributed by atoms with Crippen LogP contribution in [0, 0.1) is 5.82 Å². The summed E-state index contributed by atoms with van der Waals surface area (Å²) in [6, 6.07) is 28.7. The summed E-state index contributed by atoms with van der Waals surface area (Å²) < 4.78 is 14.1. The average molecular weight is 647 g/mol. The van der Waals surface area contributed by atoms with E-state index < -0.39 is 11.7 Å². The number of nitrogens with zero attached hydrogens (tertiary/aromatic N) is 4. The normalized spacial score (nSPS) is 16.7. The van der Waals surface area contributed by atoms with E-state index in [0.717, 1.165) is 43.0 Å². The van der Waals surface area contributed by atoms with Gasteiger partial charge >= 0.3 is 0 Å². The molecule has 0 radical (unpaired) electrons. The van der Waals surface area contributed by atoms with Gasteiger partial charge < -0.3 is 20.4 Å². The third-order valence-corrected chi connectivity index (χ3v) is 8.86. The lowest BCUT2D eigenvalue weighted by Crippen LogP contribution is -2.48. The Kier molecular flexibility index (Phi) is 10.0. The number of aliphatic imine (C=N–C) groups is 1. The van der Waals surface area contributed by atoms with Crippen LogP contribution in [0.4, 0.5) is 21.5 Å². The summed E-state index contributed by atoms with van der Waals surface area (Å²) in [7, 11) is 3.86. The van der Waals surface area contributed by atoms with E-state index in [2.05, 4.69) is 27.5 Å². The van der Waals surface area contributed by atoms with Gasteiger partial charge in [-0.05, 0) is 71.8 Å². The van der Waals surface area contributed by atoms with Crippen molar-refractivity contribution in [2.45, 2.75) is 18.9 Å². The summed E-state index contributed by atoms with van der Waals surface area (Å²) in [5, 5.41) is 5.79. The van der Waals surface area contributed by atoms with Crippen LogP contribution >= 0.6 is 0 Å².